The van der Waals surface area contributed by atoms with Crippen LogP contribution in [0.2, 0.25) is 10.0 Å². The number of carbonyl (C=O) groups excluding carboxylic acids is 2. The standard InChI is InChI=1S/C19H15Cl2NO4/c1-2-15(24)16-17(10-3-5-14(23)6-4-10)22(19(26)18(16)25)13-8-11(20)7-12(21)9-13/h3-9,17,23,25H,2H2,1H3. The van der Waals surface area contributed by atoms with Gasteiger partial charge in [-0.2, -0.15) is 0 Å². The molecular formula is C19H15Cl2NO4. The molecule has 0 aliphatic carbocycles. The molecule has 2 N–H and O–H groups in total. The third kappa shape index (κ3) is 3.16. The number of aliphatic hydroxyl groups excluding tert-OH is 1. The van der Waals surface area contributed by atoms with Crippen LogP contribution in [0.25, 0.3) is 0 Å². The Morgan fingerprint density at radius 1 is 1.08 bits per heavy atom. The molecule has 0 radical (unpaired) electrons. The molecule has 0 bridgehead atoms. The molecule has 3 rings (SSSR count). The van der Waals surface area contributed by atoms with Crippen molar-refractivity contribution in [2.45, 2.75) is 19.4 Å². The largest absolute Gasteiger partial charge is 0.508 e. The lowest BCUT2D eigenvalue weighted by molar-refractivity contribution is -0.118. The van der Waals surface area contributed by atoms with Crippen molar-refractivity contribution in [3.63, 3.8) is 0 Å². The van der Waals surface area contributed by atoms with Crippen LogP contribution in [0, 0.1) is 0 Å². The van der Waals surface area contributed by atoms with Crippen LogP contribution >= 0.6 is 23.2 Å². The average molecular weight is 392 g/mol. The van der Waals surface area contributed by atoms with Gasteiger partial charge in [0.2, 0.25) is 0 Å². The zero-order chi connectivity index (χ0) is 19.0. The third-order valence-corrected chi connectivity index (χ3v) is 4.60. The number of amides is 1. The van der Waals surface area contributed by atoms with Gasteiger partial charge in [-0.3, -0.25) is 14.5 Å². The number of carbonyl (C=O) groups is 2. The number of anilines is 1. The van der Waals surface area contributed by atoms with Crippen LogP contribution in [0.1, 0.15) is 24.9 Å². The van der Waals surface area contributed by atoms with E-state index in [9.17, 15) is 19.8 Å². The second-order valence-corrected chi connectivity index (χ2v) is 6.71. The molecule has 0 saturated carbocycles. The number of hydrogen-bond acceptors (Lipinski definition) is 4. The summed E-state index contributed by atoms with van der Waals surface area (Å²) < 4.78 is 0. The Labute approximate surface area is 160 Å². The van der Waals surface area contributed by atoms with E-state index in [-0.39, 0.29) is 23.5 Å². The molecule has 26 heavy (non-hydrogen) atoms. The van der Waals surface area contributed by atoms with Crippen molar-refractivity contribution in [1.29, 1.82) is 0 Å². The number of ketones is 1. The number of halogens is 2. The van der Waals surface area contributed by atoms with Crippen LogP contribution in [0.3, 0.4) is 0 Å². The Hall–Kier alpha value is -2.50. The fraction of sp³-hybridized carbons (Fsp3) is 0.158. The lowest BCUT2D eigenvalue weighted by Crippen LogP contribution is -2.31. The molecule has 0 spiro atoms. The first-order valence-electron chi connectivity index (χ1n) is 7.88. The highest BCUT2D eigenvalue weighted by Gasteiger charge is 2.43. The van der Waals surface area contributed by atoms with Gasteiger partial charge in [0.1, 0.15) is 5.75 Å². The van der Waals surface area contributed by atoms with E-state index in [2.05, 4.69) is 0 Å². The Bertz CT molecular complexity index is 901. The maximum absolute atomic E-state index is 12.7. The van der Waals surface area contributed by atoms with Crippen molar-refractivity contribution in [1.82, 2.24) is 0 Å². The SMILES string of the molecule is CCC(=O)C1=C(O)C(=O)N(c2cc(Cl)cc(Cl)c2)C1c1ccc(O)cc1. The predicted molar refractivity (Wildman–Crippen MR) is 99.7 cm³/mol. The van der Waals surface area contributed by atoms with Gasteiger partial charge in [0.05, 0.1) is 11.6 Å². The molecule has 134 valence electrons. The number of phenols is 1. The highest BCUT2D eigenvalue weighted by atomic mass is 35.5. The molecule has 0 aromatic heterocycles. The Balaban J connectivity index is 2.20. The molecular weight excluding hydrogens is 377 g/mol. The van der Waals surface area contributed by atoms with Gasteiger partial charge in [-0.15, -0.1) is 0 Å². The van der Waals surface area contributed by atoms with Crippen LogP contribution in [-0.4, -0.2) is 21.9 Å². The number of aromatic hydroxyl groups is 1. The Morgan fingerprint density at radius 2 is 1.65 bits per heavy atom. The van der Waals surface area contributed by atoms with E-state index < -0.39 is 17.7 Å². The highest BCUT2D eigenvalue weighted by molar-refractivity contribution is 6.35. The molecule has 1 aliphatic rings. The van der Waals surface area contributed by atoms with Crippen molar-refractivity contribution in [2.75, 3.05) is 4.90 Å². The molecule has 5 nitrogen and oxygen atoms in total. The number of phenolic OH excluding ortho intramolecular Hbond substituents is 1. The molecule has 1 atom stereocenters. The van der Waals surface area contributed by atoms with Gasteiger partial charge >= 0.3 is 0 Å². The van der Waals surface area contributed by atoms with Crippen molar-refractivity contribution in [2.24, 2.45) is 0 Å². The van der Waals surface area contributed by atoms with Gasteiger partial charge in [-0.1, -0.05) is 42.3 Å². The summed E-state index contributed by atoms with van der Waals surface area (Å²) in [6.45, 7) is 1.65. The summed E-state index contributed by atoms with van der Waals surface area (Å²) in [6, 6.07) is 9.83. The summed E-state index contributed by atoms with van der Waals surface area (Å²) in [5, 5.41) is 20.5. The molecule has 1 aliphatic heterocycles. The van der Waals surface area contributed by atoms with E-state index in [1.807, 2.05) is 0 Å². The van der Waals surface area contributed by atoms with Gasteiger partial charge in [-0.05, 0) is 35.9 Å². The molecule has 2 aromatic carbocycles. The molecule has 0 fully saturated rings. The van der Waals surface area contributed by atoms with Crippen LogP contribution in [-0.2, 0) is 9.59 Å². The summed E-state index contributed by atoms with van der Waals surface area (Å²) >= 11 is 12.1. The summed E-state index contributed by atoms with van der Waals surface area (Å²) in [5.74, 6) is -1.60. The summed E-state index contributed by atoms with van der Waals surface area (Å²) in [4.78, 5) is 26.5. The van der Waals surface area contributed by atoms with E-state index in [0.717, 1.165) is 0 Å². The first kappa shape index (κ1) is 18.3. The van der Waals surface area contributed by atoms with Gasteiger partial charge in [0.25, 0.3) is 5.91 Å². The minimum Gasteiger partial charge on any atom is -0.508 e. The number of benzene rings is 2. The van der Waals surface area contributed by atoms with E-state index in [1.54, 1.807) is 19.1 Å². The smallest absolute Gasteiger partial charge is 0.294 e. The zero-order valence-corrected chi connectivity index (χ0v) is 15.3. The van der Waals surface area contributed by atoms with E-state index >= 15 is 0 Å². The minimum atomic E-state index is -0.843. The van der Waals surface area contributed by atoms with Crippen molar-refractivity contribution >= 4 is 40.6 Å². The van der Waals surface area contributed by atoms with Crippen molar-refractivity contribution < 1.29 is 19.8 Å². The van der Waals surface area contributed by atoms with Crippen molar-refractivity contribution in [3.8, 4) is 5.75 Å². The summed E-state index contributed by atoms with van der Waals surface area (Å²) in [6.07, 6.45) is 0.130. The zero-order valence-electron chi connectivity index (χ0n) is 13.7. The minimum absolute atomic E-state index is 0.0132. The number of hydrogen-bond donors (Lipinski definition) is 2. The van der Waals surface area contributed by atoms with Gasteiger partial charge < -0.3 is 10.2 Å². The highest BCUT2D eigenvalue weighted by Crippen LogP contribution is 2.42. The fourth-order valence-corrected chi connectivity index (χ4v) is 3.51. The van der Waals surface area contributed by atoms with Gasteiger partial charge in [0.15, 0.2) is 11.5 Å². The maximum Gasteiger partial charge on any atom is 0.294 e. The Kier molecular flexibility index (Phi) is 4.94. The average Bonchev–Trinajstić information content (AvgIpc) is 2.85. The van der Waals surface area contributed by atoms with Gasteiger partial charge in [-0.25, -0.2) is 0 Å². The molecule has 1 amide bonds. The second-order valence-electron chi connectivity index (χ2n) is 5.84. The first-order valence-corrected chi connectivity index (χ1v) is 8.64. The molecule has 7 heteroatoms. The molecule has 0 saturated heterocycles. The van der Waals surface area contributed by atoms with Crippen LogP contribution in [0.15, 0.2) is 53.8 Å². The van der Waals surface area contributed by atoms with E-state index in [0.29, 0.717) is 21.3 Å². The number of nitrogens with zero attached hydrogens (tertiary/aromatic N) is 1. The molecule has 1 unspecified atom stereocenters. The first-order chi connectivity index (χ1) is 12.3. The lowest BCUT2D eigenvalue weighted by Gasteiger charge is -2.27. The number of aliphatic hydroxyl groups is 1. The van der Waals surface area contributed by atoms with E-state index in [4.69, 9.17) is 23.2 Å². The topological polar surface area (TPSA) is 77.8 Å². The van der Waals surface area contributed by atoms with E-state index in [1.165, 1.54) is 35.2 Å². The maximum atomic E-state index is 12.7. The molecule has 1 heterocycles. The summed E-state index contributed by atoms with van der Waals surface area (Å²) in [5.41, 5.74) is 0.934. The predicted octanol–water partition coefficient (Wildman–Crippen LogP) is 4.58. The monoisotopic (exact) mass is 391 g/mol. The normalized spacial score (nSPS) is 17.1. The van der Waals surface area contributed by atoms with Gasteiger partial charge in [0, 0.05) is 22.2 Å². The molecule has 2 aromatic rings. The van der Waals surface area contributed by atoms with Crippen LogP contribution in [0.4, 0.5) is 5.69 Å². The summed E-state index contributed by atoms with van der Waals surface area (Å²) in [7, 11) is 0. The number of rotatable bonds is 4. The quantitative estimate of drug-likeness (QED) is 0.799. The number of Topliss-reactive ketones (excluding diaryl/α,β-unsaturated/α-hetero) is 1. The Morgan fingerprint density at radius 3 is 2.19 bits per heavy atom. The fourth-order valence-electron chi connectivity index (χ4n) is 3.00. The van der Waals surface area contributed by atoms with Crippen molar-refractivity contribution in [3.05, 3.63) is 69.4 Å². The second kappa shape index (κ2) is 7.02. The van der Waals surface area contributed by atoms with Crippen LogP contribution < -0.4 is 4.90 Å². The third-order valence-electron chi connectivity index (χ3n) is 4.16. The lowest BCUT2D eigenvalue weighted by atomic mass is 9.95. The van der Waals surface area contributed by atoms with Crippen LogP contribution in [0.5, 0.6) is 5.75 Å².